The maximum absolute atomic E-state index is 12.0. The van der Waals surface area contributed by atoms with E-state index in [0.717, 1.165) is 0 Å². The Kier molecular flexibility index (Phi) is 4.67. The Balaban J connectivity index is 2.86. The van der Waals surface area contributed by atoms with Crippen LogP contribution in [-0.2, 0) is 4.79 Å². The predicted molar refractivity (Wildman–Crippen MR) is 67.7 cm³/mol. The van der Waals surface area contributed by atoms with Crippen LogP contribution < -0.4 is 5.32 Å². The average Bonchev–Trinajstić information content (AvgIpc) is 2.28. The first-order valence-electron chi connectivity index (χ1n) is 5.53. The molecule has 0 aromatic carbocycles. The molecule has 98 valence electrons. The molecule has 0 spiro atoms. The number of carboxylic acids is 1. The zero-order chi connectivity index (χ0) is 13.8. The number of pyridine rings is 1. The van der Waals surface area contributed by atoms with Crippen LogP contribution in [0.4, 0.5) is 0 Å². The highest BCUT2D eigenvalue weighted by Gasteiger charge is 2.28. The number of nitrogens with one attached hydrogen (secondary N) is 1. The molecule has 0 radical (unpaired) electrons. The minimum Gasteiger partial charge on any atom is -0.481 e. The number of amides is 1. The van der Waals surface area contributed by atoms with E-state index in [9.17, 15) is 9.59 Å². The van der Waals surface area contributed by atoms with E-state index in [2.05, 4.69) is 10.3 Å². The van der Waals surface area contributed by atoms with Crippen molar-refractivity contribution in [2.45, 2.75) is 32.2 Å². The van der Waals surface area contributed by atoms with Crippen molar-refractivity contribution in [3.05, 3.63) is 29.0 Å². The fourth-order valence-electron chi connectivity index (χ4n) is 1.49. The van der Waals surface area contributed by atoms with Crippen LogP contribution in [0.1, 0.15) is 37.0 Å². The maximum Gasteiger partial charge on any atom is 0.305 e. The van der Waals surface area contributed by atoms with Gasteiger partial charge in [-0.3, -0.25) is 9.59 Å². The lowest BCUT2D eigenvalue weighted by Gasteiger charge is -2.28. The first-order chi connectivity index (χ1) is 8.38. The van der Waals surface area contributed by atoms with Gasteiger partial charge >= 0.3 is 5.97 Å². The molecule has 1 amide bonds. The largest absolute Gasteiger partial charge is 0.481 e. The van der Waals surface area contributed by atoms with Crippen LogP contribution in [0.5, 0.6) is 0 Å². The number of carbonyl (C=O) groups is 2. The van der Waals surface area contributed by atoms with Crippen LogP contribution in [0.25, 0.3) is 0 Å². The van der Waals surface area contributed by atoms with Gasteiger partial charge in [0.2, 0.25) is 0 Å². The molecule has 0 aliphatic carbocycles. The number of hydrogen-bond acceptors (Lipinski definition) is 3. The molecule has 0 bridgehead atoms. The molecular formula is C12H15ClN2O3. The van der Waals surface area contributed by atoms with Crippen molar-refractivity contribution in [2.75, 3.05) is 0 Å². The molecule has 6 heteroatoms. The normalized spacial score (nSPS) is 13.7. The first-order valence-corrected chi connectivity index (χ1v) is 5.90. The number of rotatable bonds is 5. The number of halogens is 1. The molecule has 0 aliphatic heterocycles. The number of aliphatic carboxylic acids is 1. The molecule has 0 saturated heterocycles. The van der Waals surface area contributed by atoms with E-state index in [-0.39, 0.29) is 17.1 Å². The van der Waals surface area contributed by atoms with E-state index < -0.39 is 17.4 Å². The summed E-state index contributed by atoms with van der Waals surface area (Å²) in [6.07, 6.45) is 1.84. The van der Waals surface area contributed by atoms with Crippen molar-refractivity contribution in [3.8, 4) is 0 Å². The zero-order valence-corrected chi connectivity index (χ0v) is 11.0. The number of carbonyl (C=O) groups excluding carboxylic acids is 1. The zero-order valence-electron chi connectivity index (χ0n) is 10.2. The maximum atomic E-state index is 12.0. The summed E-state index contributed by atoms with van der Waals surface area (Å²) in [4.78, 5) is 26.6. The summed E-state index contributed by atoms with van der Waals surface area (Å²) in [5.41, 5.74) is -0.563. The standard InChI is InChI=1S/C12H15ClN2O3/c1-3-12(2,7-9(16)17)15-11(18)8-5-4-6-14-10(8)13/h4-6H,3,7H2,1-2H3,(H,15,18)(H,16,17). The molecule has 1 aromatic rings. The van der Waals surface area contributed by atoms with E-state index in [4.69, 9.17) is 16.7 Å². The topological polar surface area (TPSA) is 79.3 Å². The van der Waals surface area contributed by atoms with Gasteiger partial charge in [-0.05, 0) is 25.5 Å². The molecule has 1 aromatic heterocycles. The lowest BCUT2D eigenvalue weighted by molar-refractivity contribution is -0.138. The number of carboxylic acid groups (broad SMARTS) is 1. The minimum atomic E-state index is -0.961. The third-order valence-electron chi connectivity index (χ3n) is 2.74. The molecule has 0 fully saturated rings. The van der Waals surface area contributed by atoms with Crippen LogP contribution in [0.15, 0.2) is 18.3 Å². The molecule has 1 unspecified atom stereocenters. The lowest BCUT2D eigenvalue weighted by Crippen LogP contribution is -2.47. The Morgan fingerprint density at radius 1 is 1.56 bits per heavy atom. The predicted octanol–water partition coefficient (Wildman–Crippen LogP) is 2.11. The summed E-state index contributed by atoms with van der Waals surface area (Å²) in [6.45, 7) is 3.50. The van der Waals surface area contributed by atoms with Gasteiger partial charge in [0.25, 0.3) is 5.91 Å². The minimum absolute atomic E-state index is 0.101. The lowest BCUT2D eigenvalue weighted by atomic mass is 9.94. The van der Waals surface area contributed by atoms with Crippen molar-refractivity contribution < 1.29 is 14.7 Å². The van der Waals surface area contributed by atoms with Crippen molar-refractivity contribution in [2.24, 2.45) is 0 Å². The molecule has 0 saturated carbocycles. The van der Waals surface area contributed by atoms with E-state index in [1.165, 1.54) is 6.20 Å². The molecule has 0 aliphatic rings. The van der Waals surface area contributed by atoms with E-state index >= 15 is 0 Å². The monoisotopic (exact) mass is 270 g/mol. The molecule has 1 rings (SSSR count). The first kappa shape index (κ1) is 14.4. The summed E-state index contributed by atoms with van der Waals surface area (Å²) in [7, 11) is 0. The van der Waals surface area contributed by atoms with Crippen molar-refractivity contribution >= 4 is 23.5 Å². The second-order valence-corrected chi connectivity index (χ2v) is 4.64. The van der Waals surface area contributed by atoms with Crippen molar-refractivity contribution in [1.29, 1.82) is 0 Å². The highest BCUT2D eigenvalue weighted by Crippen LogP contribution is 2.17. The molecule has 5 nitrogen and oxygen atoms in total. The van der Waals surface area contributed by atoms with Gasteiger partial charge in [-0.25, -0.2) is 4.98 Å². The van der Waals surface area contributed by atoms with E-state index in [1.54, 1.807) is 19.1 Å². The molecule has 18 heavy (non-hydrogen) atoms. The van der Waals surface area contributed by atoms with Crippen LogP contribution in [0.2, 0.25) is 5.15 Å². The van der Waals surface area contributed by atoms with Crippen molar-refractivity contribution in [1.82, 2.24) is 10.3 Å². The SMILES string of the molecule is CCC(C)(CC(=O)O)NC(=O)c1cccnc1Cl. The molecular weight excluding hydrogens is 256 g/mol. The Morgan fingerprint density at radius 3 is 2.72 bits per heavy atom. The quantitative estimate of drug-likeness (QED) is 0.803. The fourth-order valence-corrected chi connectivity index (χ4v) is 1.69. The third kappa shape index (κ3) is 3.70. The van der Waals surface area contributed by atoms with Gasteiger partial charge in [0.1, 0.15) is 5.15 Å². The number of aromatic nitrogens is 1. The Bertz CT molecular complexity index is 464. The summed E-state index contributed by atoms with van der Waals surface area (Å²) < 4.78 is 0. The number of nitrogens with zero attached hydrogens (tertiary/aromatic N) is 1. The van der Waals surface area contributed by atoms with Gasteiger partial charge in [-0.15, -0.1) is 0 Å². The summed E-state index contributed by atoms with van der Waals surface area (Å²) >= 11 is 5.81. The molecule has 2 N–H and O–H groups in total. The second-order valence-electron chi connectivity index (χ2n) is 4.28. The van der Waals surface area contributed by atoms with E-state index in [1.807, 2.05) is 6.92 Å². The number of hydrogen-bond donors (Lipinski definition) is 2. The van der Waals surface area contributed by atoms with Gasteiger partial charge in [0.15, 0.2) is 0 Å². The Morgan fingerprint density at radius 2 is 2.22 bits per heavy atom. The van der Waals surface area contributed by atoms with E-state index in [0.29, 0.717) is 6.42 Å². The van der Waals surface area contributed by atoms with Gasteiger partial charge < -0.3 is 10.4 Å². The summed E-state index contributed by atoms with van der Waals surface area (Å²) in [6, 6.07) is 3.14. The average molecular weight is 271 g/mol. The van der Waals surface area contributed by atoms with Gasteiger partial charge in [0, 0.05) is 11.7 Å². The Hall–Kier alpha value is -1.62. The van der Waals surface area contributed by atoms with Gasteiger partial charge in [-0.2, -0.15) is 0 Å². The molecule has 1 heterocycles. The highest BCUT2D eigenvalue weighted by molar-refractivity contribution is 6.32. The van der Waals surface area contributed by atoms with Crippen molar-refractivity contribution in [3.63, 3.8) is 0 Å². The smallest absolute Gasteiger partial charge is 0.305 e. The highest BCUT2D eigenvalue weighted by atomic mass is 35.5. The van der Waals surface area contributed by atoms with Gasteiger partial charge in [-0.1, -0.05) is 18.5 Å². The Labute approximate surface area is 110 Å². The van der Waals surface area contributed by atoms with Crippen LogP contribution >= 0.6 is 11.6 Å². The van der Waals surface area contributed by atoms with Crippen LogP contribution in [0.3, 0.4) is 0 Å². The second kappa shape index (κ2) is 5.82. The summed E-state index contributed by atoms with van der Waals surface area (Å²) in [5.74, 6) is -1.38. The van der Waals surface area contributed by atoms with Crippen LogP contribution in [0, 0.1) is 0 Å². The van der Waals surface area contributed by atoms with Gasteiger partial charge in [0.05, 0.1) is 12.0 Å². The fraction of sp³-hybridized carbons (Fsp3) is 0.417. The third-order valence-corrected chi connectivity index (χ3v) is 3.04. The molecule has 1 atom stereocenters. The summed E-state index contributed by atoms with van der Waals surface area (Å²) in [5, 5.41) is 11.6. The van der Waals surface area contributed by atoms with Crippen LogP contribution in [-0.4, -0.2) is 27.5 Å².